The van der Waals surface area contributed by atoms with Crippen LogP contribution in [0.25, 0.3) is 54.9 Å². The van der Waals surface area contributed by atoms with E-state index in [1.165, 1.54) is 54.9 Å². The molecular weight excluding hydrogens is 386 g/mol. The van der Waals surface area contributed by atoms with E-state index in [4.69, 9.17) is 0 Å². The second-order valence-corrected chi connectivity index (χ2v) is 8.02. The maximum atomic E-state index is 4.23. The first kappa shape index (κ1) is 18.5. The lowest BCUT2D eigenvalue weighted by molar-refractivity contribution is 1.33. The SMILES string of the molecule is c1ccc(-c2cccc(-c3c4ccccc4c(-c4ccncc4)c4ccccc34)c2)cc1. The van der Waals surface area contributed by atoms with Crippen LogP contribution in [0, 0.1) is 0 Å². The third kappa shape index (κ3) is 3.07. The molecule has 0 aliphatic heterocycles. The van der Waals surface area contributed by atoms with Crippen molar-refractivity contribution in [3.8, 4) is 33.4 Å². The molecule has 0 radical (unpaired) electrons. The Morgan fingerprint density at radius 3 is 1.41 bits per heavy atom. The molecule has 0 spiro atoms. The highest BCUT2D eigenvalue weighted by atomic mass is 14.6. The maximum Gasteiger partial charge on any atom is 0.0273 e. The van der Waals surface area contributed by atoms with Gasteiger partial charge in [0, 0.05) is 12.4 Å². The van der Waals surface area contributed by atoms with Gasteiger partial charge < -0.3 is 0 Å². The summed E-state index contributed by atoms with van der Waals surface area (Å²) in [6, 6.07) is 41.2. The summed E-state index contributed by atoms with van der Waals surface area (Å²) in [7, 11) is 0. The van der Waals surface area contributed by atoms with Crippen molar-refractivity contribution >= 4 is 21.5 Å². The minimum absolute atomic E-state index is 1.19. The van der Waals surface area contributed by atoms with Gasteiger partial charge in [0.05, 0.1) is 0 Å². The summed E-state index contributed by atoms with van der Waals surface area (Å²) in [4.78, 5) is 4.23. The van der Waals surface area contributed by atoms with Crippen molar-refractivity contribution in [3.05, 3.63) is 128 Å². The van der Waals surface area contributed by atoms with Crippen LogP contribution in [0.2, 0.25) is 0 Å². The van der Waals surface area contributed by atoms with Crippen molar-refractivity contribution in [3.63, 3.8) is 0 Å². The highest BCUT2D eigenvalue weighted by Crippen LogP contribution is 2.43. The van der Waals surface area contributed by atoms with Gasteiger partial charge in [0.1, 0.15) is 0 Å². The Hall–Kier alpha value is -4.23. The van der Waals surface area contributed by atoms with Crippen LogP contribution in [0.3, 0.4) is 0 Å². The van der Waals surface area contributed by atoms with Gasteiger partial charge in [-0.2, -0.15) is 0 Å². The lowest BCUT2D eigenvalue weighted by Gasteiger charge is -2.18. The van der Waals surface area contributed by atoms with Gasteiger partial charge in [-0.1, -0.05) is 97.1 Å². The van der Waals surface area contributed by atoms with Crippen LogP contribution >= 0.6 is 0 Å². The van der Waals surface area contributed by atoms with Gasteiger partial charge >= 0.3 is 0 Å². The molecule has 0 bridgehead atoms. The van der Waals surface area contributed by atoms with E-state index in [2.05, 4.69) is 120 Å². The van der Waals surface area contributed by atoms with Gasteiger partial charge in [0.2, 0.25) is 0 Å². The van der Waals surface area contributed by atoms with Crippen LogP contribution in [-0.4, -0.2) is 4.98 Å². The smallest absolute Gasteiger partial charge is 0.0273 e. The number of pyridine rings is 1. The summed E-state index contributed by atoms with van der Waals surface area (Å²) >= 11 is 0. The number of aromatic nitrogens is 1. The van der Waals surface area contributed by atoms with E-state index in [0.29, 0.717) is 0 Å². The molecule has 1 heterocycles. The van der Waals surface area contributed by atoms with Gasteiger partial charge in [-0.15, -0.1) is 0 Å². The van der Waals surface area contributed by atoms with Gasteiger partial charge in [-0.05, 0) is 73.1 Å². The summed E-state index contributed by atoms with van der Waals surface area (Å²) in [6.45, 7) is 0. The fourth-order valence-electron chi connectivity index (χ4n) is 4.75. The minimum atomic E-state index is 1.19. The molecule has 0 aliphatic rings. The normalized spacial score (nSPS) is 11.1. The lowest BCUT2D eigenvalue weighted by atomic mass is 9.85. The highest BCUT2D eigenvalue weighted by molar-refractivity contribution is 6.21. The standard InChI is InChI=1S/C31H21N/c1-2-9-22(10-3-1)24-11-8-12-25(21-24)31-28-15-6-4-13-26(28)30(23-17-19-32-20-18-23)27-14-5-7-16-29(27)31/h1-21H. The van der Waals surface area contributed by atoms with E-state index in [1.807, 2.05) is 12.4 Å². The predicted molar refractivity (Wildman–Crippen MR) is 136 cm³/mol. The second-order valence-electron chi connectivity index (χ2n) is 8.02. The van der Waals surface area contributed by atoms with E-state index in [9.17, 15) is 0 Å². The molecule has 0 aliphatic carbocycles. The van der Waals surface area contributed by atoms with E-state index < -0.39 is 0 Å². The number of fused-ring (bicyclic) bond motifs is 2. The minimum Gasteiger partial charge on any atom is -0.265 e. The quantitative estimate of drug-likeness (QED) is 0.268. The molecule has 6 rings (SSSR count). The maximum absolute atomic E-state index is 4.23. The molecule has 0 unspecified atom stereocenters. The molecule has 1 heteroatoms. The summed E-state index contributed by atoms with van der Waals surface area (Å²) in [5.74, 6) is 0. The number of rotatable bonds is 3. The summed E-state index contributed by atoms with van der Waals surface area (Å²) in [5, 5.41) is 5.06. The first-order chi connectivity index (χ1) is 15.9. The van der Waals surface area contributed by atoms with Crippen molar-refractivity contribution < 1.29 is 0 Å². The third-order valence-electron chi connectivity index (χ3n) is 6.16. The summed E-state index contributed by atoms with van der Waals surface area (Å²) < 4.78 is 0. The Bertz CT molecular complexity index is 1490. The number of hydrogen-bond acceptors (Lipinski definition) is 1. The molecule has 32 heavy (non-hydrogen) atoms. The molecule has 0 fully saturated rings. The average molecular weight is 408 g/mol. The van der Waals surface area contributed by atoms with Gasteiger partial charge in [-0.25, -0.2) is 0 Å². The van der Waals surface area contributed by atoms with Crippen LogP contribution in [0.4, 0.5) is 0 Å². The lowest BCUT2D eigenvalue weighted by Crippen LogP contribution is -1.91. The topological polar surface area (TPSA) is 12.9 Å². The molecule has 0 amide bonds. The first-order valence-electron chi connectivity index (χ1n) is 10.9. The Balaban J connectivity index is 1.71. The molecule has 150 valence electrons. The second kappa shape index (κ2) is 7.79. The van der Waals surface area contributed by atoms with E-state index >= 15 is 0 Å². The molecule has 0 atom stereocenters. The molecule has 5 aromatic carbocycles. The Labute approximate surface area is 187 Å². The van der Waals surface area contributed by atoms with Crippen molar-refractivity contribution in [1.82, 2.24) is 4.98 Å². The van der Waals surface area contributed by atoms with Crippen molar-refractivity contribution in [2.24, 2.45) is 0 Å². The highest BCUT2D eigenvalue weighted by Gasteiger charge is 2.16. The molecule has 0 N–H and O–H groups in total. The zero-order valence-corrected chi connectivity index (χ0v) is 17.6. The van der Waals surface area contributed by atoms with E-state index in [-0.39, 0.29) is 0 Å². The molecule has 1 aromatic heterocycles. The summed E-state index contributed by atoms with van der Waals surface area (Å²) in [6.07, 6.45) is 3.74. The first-order valence-corrected chi connectivity index (χ1v) is 10.9. The van der Waals surface area contributed by atoms with Crippen LogP contribution in [-0.2, 0) is 0 Å². The van der Waals surface area contributed by atoms with E-state index in [1.54, 1.807) is 0 Å². The summed E-state index contributed by atoms with van der Waals surface area (Å²) in [5.41, 5.74) is 7.44. The molecular formula is C31H21N. The molecule has 0 saturated heterocycles. The zero-order chi connectivity index (χ0) is 21.3. The van der Waals surface area contributed by atoms with Crippen LogP contribution < -0.4 is 0 Å². The van der Waals surface area contributed by atoms with Crippen LogP contribution in [0.1, 0.15) is 0 Å². The third-order valence-corrected chi connectivity index (χ3v) is 6.16. The van der Waals surface area contributed by atoms with Crippen molar-refractivity contribution in [2.45, 2.75) is 0 Å². The molecule has 1 nitrogen and oxygen atoms in total. The van der Waals surface area contributed by atoms with Gasteiger partial charge in [-0.3, -0.25) is 4.98 Å². The zero-order valence-electron chi connectivity index (χ0n) is 17.6. The largest absolute Gasteiger partial charge is 0.265 e. The Morgan fingerprint density at radius 2 is 0.812 bits per heavy atom. The Morgan fingerprint density at radius 1 is 0.344 bits per heavy atom. The number of nitrogens with zero attached hydrogens (tertiary/aromatic N) is 1. The van der Waals surface area contributed by atoms with Gasteiger partial charge in [0.15, 0.2) is 0 Å². The molecule has 0 saturated carbocycles. The Kier molecular flexibility index (Phi) is 4.51. The van der Waals surface area contributed by atoms with Gasteiger partial charge in [0.25, 0.3) is 0 Å². The van der Waals surface area contributed by atoms with Crippen molar-refractivity contribution in [1.29, 1.82) is 0 Å². The average Bonchev–Trinajstić information content (AvgIpc) is 2.88. The molecule has 6 aromatic rings. The van der Waals surface area contributed by atoms with Crippen LogP contribution in [0.5, 0.6) is 0 Å². The predicted octanol–water partition coefficient (Wildman–Crippen LogP) is 8.39. The number of hydrogen-bond donors (Lipinski definition) is 0. The number of benzene rings is 5. The van der Waals surface area contributed by atoms with E-state index in [0.717, 1.165) is 0 Å². The van der Waals surface area contributed by atoms with Crippen molar-refractivity contribution in [2.75, 3.05) is 0 Å². The van der Waals surface area contributed by atoms with Crippen LogP contribution in [0.15, 0.2) is 128 Å². The fourth-order valence-corrected chi connectivity index (χ4v) is 4.75. The monoisotopic (exact) mass is 407 g/mol. The fraction of sp³-hybridized carbons (Fsp3) is 0.